The van der Waals surface area contributed by atoms with E-state index in [9.17, 15) is 9.90 Å². The molecule has 1 saturated carbocycles. The van der Waals surface area contributed by atoms with Crippen LogP contribution in [0.5, 0.6) is 5.75 Å². The third-order valence-corrected chi connectivity index (χ3v) is 6.23. The highest BCUT2D eigenvalue weighted by atomic mass is 16.5. The van der Waals surface area contributed by atoms with Gasteiger partial charge in [-0.3, -0.25) is 9.78 Å². The van der Waals surface area contributed by atoms with Crippen LogP contribution < -0.4 is 4.74 Å². The summed E-state index contributed by atoms with van der Waals surface area (Å²) in [4.78, 5) is 19.3. The lowest BCUT2D eigenvalue weighted by molar-refractivity contribution is 0.0582. The van der Waals surface area contributed by atoms with E-state index in [0.717, 1.165) is 47.2 Å². The lowest BCUT2D eigenvalue weighted by Gasteiger charge is -2.19. The second-order valence-corrected chi connectivity index (χ2v) is 8.49. The number of carbonyl (C=O) groups excluding carboxylic acids is 1. The number of pyridine rings is 1. The highest BCUT2D eigenvalue weighted by molar-refractivity contribution is 6.01. The number of amides is 1. The van der Waals surface area contributed by atoms with Crippen molar-refractivity contribution in [3.63, 3.8) is 0 Å². The predicted octanol–water partition coefficient (Wildman–Crippen LogP) is 4.51. The number of benzene rings is 2. The van der Waals surface area contributed by atoms with Crippen LogP contribution in [-0.2, 0) is 13.1 Å². The van der Waals surface area contributed by atoms with E-state index in [4.69, 9.17) is 4.74 Å². The number of carbonyl (C=O) groups is 1. The van der Waals surface area contributed by atoms with Gasteiger partial charge in [0.05, 0.1) is 11.7 Å². The van der Waals surface area contributed by atoms with Crippen molar-refractivity contribution >= 4 is 5.91 Å². The first-order valence-electron chi connectivity index (χ1n) is 10.9. The minimum absolute atomic E-state index is 0.00748. The molecule has 5 heteroatoms. The van der Waals surface area contributed by atoms with Gasteiger partial charge >= 0.3 is 0 Å². The highest BCUT2D eigenvalue weighted by Crippen LogP contribution is 2.34. The Morgan fingerprint density at radius 1 is 1.10 bits per heavy atom. The van der Waals surface area contributed by atoms with E-state index >= 15 is 0 Å². The Morgan fingerprint density at radius 3 is 2.68 bits per heavy atom. The van der Waals surface area contributed by atoms with Gasteiger partial charge in [0, 0.05) is 25.0 Å². The largest absolute Gasteiger partial charge is 0.487 e. The number of aliphatic hydroxyl groups is 1. The molecule has 1 aromatic heterocycles. The number of ether oxygens (including phenoxy) is 1. The van der Waals surface area contributed by atoms with Gasteiger partial charge in [-0.25, -0.2) is 0 Å². The maximum atomic E-state index is 13.2. The van der Waals surface area contributed by atoms with Crippen LogP contribution >= 0.6 is 0 Å². The van der Waals surface area contributed by atoms with E-state index in [2.05, 4.69) is 35.3 Å². The Hall–Kier alpha value is -3.18. The number of hydrogen-bond donors (Lipinski definition) is 1. The van der Waals surface area contributed by atoms with E-state index in [1.54, 1.807) is 0 Å². The molecule has 5 nitrogen and oxygen atoms in total. The summed E-state index contributed by atoms with van der Waals surface area (Å²) >= 11 is 0. The van der Waals surface area contributed by atoms with Crippen LogP contribution in [0.3, 0.4) is 0 Å². The van der Waals surface area contributed by atoms with Crippen LogP contribution in [-0.4, -0.2) is 33.1 Å². The third-order valence-electron chi connectivity index (χ3n) is 6.23. The molecule has 0 spiro atoms. The Labute approximate surface area is 182 Å². The molecule has 1 fully saturated rings. The third kappa shape index (κ3) is 3.93. The van der Waals surface area contributed by atoms with Crippen molar-refractivity contribution in [3.05, 3.63) is 83.2 Å². The highest BCUT2D eigenvalue weighted by Gasteiger charge is 2.33. The Kier molecular flexibility index (Phi) is 5.20. The van der Waals surface area contributed by atoms with E-state index in [1.807, 2.05) is 42.3 Å². The van der Waals surface area contributed by atoms with Gasteiger partial charge in [0.15, 0.2) is 0 Å². The monoisotopic (exact) mass is 414 g/mol. The summed E-state index contributed by atoms with van der Waals surface area (Å²) in [6.07, 6.45) is 3.68. The maximum absolute atomic E-state index is 13.2. The zero-order valence-electron chi connectivity index (χ0n) is 17.6. The maximum Gasteiger partial charge on any atom is 0.258 e. The van der Waals surface area contributed by atoms with Gasteiger partial charge in [-0.2, -0.15) is 0 Å². The molecule has 0 saturated heterocycles. The van der Waals surface area contributed by atoms with Gasteiger partial charge in [-0.15, -0.1) is 0 Å². The van der Waals surface area contributed by atoms with Gasteiger partial charge in [0.2, 0.25) is 0 Å². The number of hydrogen-bond acceptors (Lipinski definition) is 4. The molecular formula is C26H26N2O3. The number of aromatic nitrogens is 1. The molecule has 2 aromatic carbocycles. The van der Waals surface area contributed by atoms with Crippen LogP contribution in [0.2, 0.25) is 0 Å². The first-order chi connectivity index (χ1) is 15.1. The number of aliphatic hydroxyl groups excluding tert-OH is 1. The zero-order chi connectivity index (χ0) is 21.4. The Bertz CT molecular complexity index is 1110. The van der Waals surface area contributed by atoms with Crippen molar-refractivity contribution in [2.75, 3.05) is 0 Å². The molecule has 1 N–H and O–H groups in total. The molecule has 2 unspecified atom stereocenters. The molecule has 1 amide bonds. The van der Waals surface area contributed by atoms with Crippen LogP contribution in [0.15, 0.2) is 60.8 Å². The van der Waals surface area contributed by atoms with Gasteiger partial charge < -0.3 is 14.7 Å². The fourth-order valence-corrected chi connectivity index (χ4v) is 4.57. The molecule has 2 aliphatic rings. The van der Waals surface area contributed by atoms with Crippen molar-refractivity contribution in [1.29, 1.82) is 0 Å². The molecule has 2 atom stereocenters. The smallest absolute Gasteiger partial charge is 0.258 e. The average molecular weight is 415 g/mol. The van der Waals surface area contributed by atoms with Gasteiger partial charge in [0.25, 0.3) is 5.91 Å². The fraction of sp³-hybridized carbons (Fsp3) is 0.308. The zero-order valence-corrected chi connectivity index (χ0v) is 17.6. The lowest BCUT2D eigenvalue weighted by Crippen LogP contribution is -2.27. The SMILES string of the molecule is Cc1cc(-c2ccc(CN3Cc4cccc(OC5CCCC5O)c4C3=O)cc2)ccn1. The minimum Gasteiger partial charge on any atom is -0.487 e. The summed E-state index contributed by atoms with van der Waals surface area (Å²) in [5.74, 6) is 0.589. The predicted molar refractivity (Wildman–Crippen MR) is 119 cm³/mol. The molecule has 158 valence electrons. The topological polar surface area (TPSA) is 62.7 Å². The molecular weight excluding hydrogens is 388 g/mol. The van der Waals surface area contributed by atoms with E-state index < -0.39 is 6.10 Å². The van der Waals surface area contributed by atoms with Crippen LogP contribution in [0.25, 0.3) is 11.1 Å². The number of rotatable bonds is 5. The van der Waals surface area contributed by atoms with Crippen molar-refractivity contribution in [3.8, 4) is 16.9 Å². The quantitative estimate of drug-likeness (QED) is 0.668. The van der Waals surface area contributed by atoms with Gasteiger partial charge in [-0.1, -0.05) is 36.4 Å². The minimum atomic E-state index is -0.453. The molecule has 0 bridgehead atoms. The van der Waals surface area contributed by atoms with E-state index in [-0.39, 0.29) is 12.0 Å². The summed E-state index contributed by atoms with van der Waals surface area (Å²) in [5, 5.41) is 10.1. The number of fused-ring (bicyclic) bond motifs is 1. The van der Waals surface area contributed by atoms with E-state index in [1.165, 1.54) is 0 Å². The van der Waals surface area contributed by atoms with E-state index in [0.29, 0.717) is 24.4 Å². The first-order valence-corrected chi connectivity index (χ1v) is 10.9. The van der Waals surface area contributed by atoms with Crippen molar-refractivity contribution in [2.45, 2.75) is 51.5 Å². The van der Waals surface area contributed by atoms with Crippen LogP contribution in [0, 0.1) is 6.92 Å². The molecule has 1 aliphatic carbocycles. The molecule has 3 aromatic rings. The first kappa shape index (κ1) is 19.8. The summed E-state index contributed by atoms with van der Waals surface area (Å²) in [6, 6.07) is 18.2. The number of aryl methyl sites for hydroxylation is 1. The summed E-state index contributed by atoms with van der Waals surface area (Å²) in [7, 11) is 0. The number of nitrogens with zero attached hydrogens (tertiary/aromatic N) is 2. The molecule has 5 rings (SSSR count). The Balaban J connectivity index is 1.31. The average Bonchev–Trinajstić information content (AvgIpc) is 3.32. The van der Waals surface area contributed by atoms with Gasteiger partial charge in [0.1, 0.15) is 11.9 Å². The molecule has 0 radical (unpaired) electrons. The second-order valence-electron chi connectivity index (χ2n) is 8.49. The summed E-state index contributed by atoms with van der Waals surface area (Å²) < 4.78 is 6.07. The fourth-order valence-electron chi connectivity index (χ4n) is 4.57. The lowest BCUT2D eigenvalue weighted by atomic mass is 10.0. The Morgan fingerprint density at radius 2 is 1.94 bits per heavy atom. The molecule has 31 heavy (non-hydrogen) atoms. The van der Waals surface area contributed by atoms with Crippen molar-refractivity contribution in [2.24, 2.45) is 0 Å². The molecule has 1 aliphatic heterocycles. The van der Waals surface area contributed by atoms with Crippen LogP contribution in [0.4, 0.5) is 0 Å². The summed E-state index contributed by atoms with van der Waals surface area (Å²) in [6.45, 7) is 3.11. The standard InChI is InChI=1S/C26H26N2O3/c1-17-14-20(12-13-27-17)19-10-8-18(9-11-19)15-28-16-21-4-2-7-24(25(21)26(28)30)31-23-6-3-5-22(23)29/h2,4,7-14,22-23,29H,3,5-6,15-16H2,1H3. The van der Waals surface area contributed by atoms with Crippen LogP contribution in [0.1, 0.15) is 46.4 Å². The molecule has 2 heterocycles. The van der Waals surface area contributed by atoms with Crippen molar-refractivity contribution < 1.29 is 14.6 Å². The van der Waals surface area contributed by atoms with Crippen molar-refractivity contribution in [1.82, 2.24) is 9.88 Å². The van der Waals surface area contributed by atoms with Gasteiger partial charge in [-0.05, 0) is 66.6 Å². The summed E-state index contributed by atoms with van der Waals surface area (Å²) in [5.41, 5.74) is 5.98. The normalized spacial score (nSPS) is 20.2. The second kappa shape index (κ2) is 8.16.